The molecule has 1 N–H and O–H groups in total. The summed E-state index contributed by atoms with van der Waals surface area (Å²) in [6.45, 7) is 2.01. The van der Waals surface area contributed by atoms with E-state index in [0.29, 0.717) is 22.1 Å². The number of nitriles is 1. The number of aryl methyl sites for hydroxylation is 1. The summed E-state index contributed by atoms with van der Waals surface area (Å²) in [5.74, 6) is 1.30. The highest BCUT2D eigenvalue weighted by molar-refractivity contribution is 9.10. The lowest BCUT2D eigenvalue weighted by Crippen LogP contribution is -1.93. The fourth-order valence-electron chi connectivity index (χ4n) is 2.61. The van der Waals surface area contributed by atoms with E-state index in [1.54, 1.807) is 20.4 Å². The Kier molecular flexibility index (Phi) is 6.34. The van der Waals surface area contributed by atoms with Crippen LogP contribution in [0.1, 0.15) is 10.6 Å². The van der Waals surface area contributed by atoms with E-state index in [0.717, 1.165) is 27.0 Å². The molecule has 0 bridgehead atoms. The lowest BCUT2D eigenvalue weighted by Gasteiger charge is -2.08. The zero-order valence-electron chi connectivity index (χ0n) is 15.6. The predicted molar refractivity (Wildman–Crippen MR) is 117 cm³/mol. The van der Waals surface area contributed by atoms with Gasteiger partial charge >= 0.3 is 0 Å². The molecule has 0 radical (unpaired) electrons. The molecule has 0 aliphatic rings. The second kappa shape index (κ2) is 8.91. The second-order valence-electron chi connectivity index (χ2n) is 5.88. The first-order valence-electron chi connectivity index (χ1n) is 8.37. The molecule has 3 rings (SSSR count). The molecule has 5 nitrogen and oxygen atoms in total. The summed E-state index contributed by atoms with van der Waals surface area (Å²) in [7, 11) is 3.20. The molecule has 0 aliphatic carbocycles. The fraction of sp³-hybridized carbons (Fsp3) is 0.143. The minimum atomic E-state index is 0.471. The van der Waals surface area contributed by atoms with Crippen molar-refractivity contribution in [1.29, 1.82) is 5.26 Å². The summed E-state index contributed by atoms with van der Waals surface area (Å²) in [6, 6.07) is 13.8. The van der Waals surface area contributed by atoms with E-state index in [4.69, 9.17) is 9.47 Å². The predicted octanol–water partition coefficient (Wildman–Crippen LogP) is 5.87. The summed E-state index contributed by atoms with van der Waals surface area (Å²) in [5, 5.41) is 15.3. The Morgan fingerprint density at radius 2 is 1.96 bits per heavy atom. The van der Waals surface area contributed by atoms with Gasteiger partial charge in [0.2, 0.25) is 0 Å². The van der Waals surface area contributed by atoms with Crippen molar-refractivity contribution < 1.29 is 9.47 Å². The maximum absolute atomic E-state index is 9.57. The van der Waals surface area contributed by atoms with Crippen LogP contribution >= 0.6 is 27.3 Å². The first kappa shape index (κ1) is 19.9. The van der Waals surface area contributed by atoms with Gasteiger partial charge in [0, 0.05) is 27.3 Å². The molecule has 0 aliphatic heterocycles. The van der Waals surface area contributed by atoms with Crippen molar-refractivity contribution in [2.75, 3.05) is 19.5 Å². The molecule has 2 aromatic carbocycles. The highest BCUT2D eigenvalue weighted by Gasteiger charge is 2.12. The molecule has 0 amide bonds. The van der Waals surface area contributed by atoms with Crippen LogP contribution in [0, 0.1) is 18.3 Å². The third-order valence-corrected chi connectivity index (χ3v) is 5.46. The van der Waals surface area contributed by atoms with Gasteiger partial charge in [0.15, 0.2) is 11.5 Å². The van der Waals surface area contributed by atoms with Crippen LogP contribution in [0.2, 0.25) is 0 Å². The number of aromatic nitrogens is 1. The molecule has 0 spiro atoms. The first-order chi connectivity index (χ1) is 13.5. The van der Waals surface area contributed by atoms with Crippen LogP contribution in [0.25, 0.3) is 16.8 Å². The summed E-state index contributed by atoms with van der Waals surface area (Å²) in [5.41, 5.74) is 4.16. The minimum absolute atomic E-state index is 0.471. The molecular formula is C21H18BrN3O2S. The quantitative estimate of drug-likeness (QED) is 0.470. The van der Waals surface area contributed by atoms with Gasteiger partial charge in [-0.1, -0.05) is 15.9 Å². The standard InChI is InChI=1S/C21H18BrN3O2S/c1-13-8-16(22)5-6-17(13)24-11-15(10-23)21-25-18(12-28-21)14-4-7-19(26-2)20(9-14)27-3/h4-9,11-12,24H,1-3H3. The molecule has 1 heterocycles. The third kappa shape index (κ3) is 4.35. The van der Waals surface area contributed by atoms with E-state index in [2.05, 4.69) is 32.3 Å². The number of nitrogens with one attached hydrogen (secondary N) is 1. The number of allylic oxidation sites excluding steroid dienone is 1. The Labute approximate surface area is 176 Å². The molecule has 0 saturated carbocycles. The monoisotopic (exact) mass is 455 g/mol. The summed E-state index contributed by atoms with van der Waals surface area (Å²) in [6.07, 6.45) is 1.69. The Hall–Kier alpha value is -2.82. The molecule has 0 saturated heterocycles. The molecule has 142 valence electrons. The number of ether oxygens (including phenoxy) is 2. The molecule has 7 heteroatoms. The number of hydrogen-bond donors (Lipinski definition) is 1. The highest BCUT2D eigenvalue weighted by atomic mass is 79.9. The molecule has 3 aromatic rings. The number of rotatable bonds is 6. The van der Waals surface area contributed by atoms with Crippen LogP contribution in [0.15, 0.2) is 52.5 Å². The summed E-state index contributed by atoms with van der Waals surface area (Å²) >= 11 is 4.87. The van der Waals surface area contributed by atoms with Gasteiger partial charge in [-0.05, 0) is 48.9 Å². The van der Waals surface area contributed by atoms with Gasteiger partial charge in [0.05, 0.1) is 19.9 Å². The average molecular weight is 456 g/mol. The van der Waals surface area contributed by atoms with Crippen LogP contribution in [0.5, 0.6) is 11.5 Å². The van der Waals surface area contributed by atoms with Gasteiger partial charge in [-0.3, -0.25) is 0 Å². The highest BCUT2D eigenvalue weighted by Crippen LogP contribution is 2.33. The lowest BCUT2D eigenvalue weighted by atomic mass is 10.1. The normalized spacial score (nSPS) is 11.0. The van der Waals surface area contributed by atoms with Gasteiger partial charge < -0.3 is 14.8 Å². The van der Waals surface area contributed by atoms with Gasteiger partial charge in [-0.2, -0.15) is 5.26 Å². The fourth-order valence-corrected chi connectivity index (χ4v) is 3.88. The van der Waals surface area contributed by atoms with Crippen LogP contribution in [-0.2, 0) is 0 Å². The maximum atomic E-state index is 9.57. The Balaban J connectivity index is 1.86. The number of methoxy groups -OCH3 is 2. The van der Waals surface area contributed by atoms with Gasteiger partial charge in [0.25, 0.3) is 0 Å². The molecular weight excluding hydrogens is 438 g/mol. The zero-order valence-corrected chi connectivity index (χ0v) is 18.0. The summed E-state index contributed by atoms with van der Waals surface area (Å²) < 4.78 is 11.6. The van der Waals surface area contributed by atoms with Gasteiger partial charge in [0.1, 0.15) is 16.6 Å². The van der Waals surface area contributed by atoms with Crippen molar-refractivity contribution in [3.05, 3.63) is 63.0 Å². The Morgan fingerprint density at radius 1 is 1.18 bits per heavy atom. The maximum Gasteiger partial charge on any atom is 0.161 e. The van der Waals surface area contributed by atoms with Crippen LogP contribution in [0.4, 0.5) is 5.69 Å². The number of thiazole rings is 1. The second-order valence-corrected chi connectivity index (χ2v) is 7.65. The van der Waals surface area contributed by atoms with E-state index in [9.17, 15) is 5.26 Å². The number of nitrogens with zero attached hydrogens (tertiary/aromatic N) is 2. The SMILES string of the molecule is COc1ccc(-c2csc(C(C#N)=CNc3ccc(Br)cc3C)n2)cc1OC. The van der Waals surface area contributed by atoms with E-state index in [1.807, 2.05) is 48.7 Å². The molecule has 0 unspecified atom stereocenters. The van der Waals surface area contributed by atoms with Crippen molar-refractivity contribution in [1.82, 2.24) is 4.98 Å². The van der Waals surface area contributed by atoms with E-state index >= 15 is 0 Å². The van der Waals surface area contributed by atoms with Crippen LogP contribution in [0.3, 0.4) is 0 Å². The average Bonchev–Trinajstić information content (AvgIpc) is 3.19. The Morgan fingerprint density at radius 3 is 2.64 bits per heavy atom. The van der Waals surface area contributed by atoms with Crippen molar-refractivity contribution in [2.45, 2.75) is 6.92 Å². The van der Waals surface area contributed by atoms with Crippen molar-refractivity contribution in [3.63, 3.8) is 0 Å². The van der Waals surface area contributed by atoms with Crippen molar-refractivity contribution >= 4 is 38.5 Å². The van der Waals surface area contributed by atoms with Crippen LogP contribution in [-0.4, -0.2) is 19.2 Å². The molecule has 28 heavy (non-hydrogen) atoms. The van der Waals surface area contributed by atoms with Crippen molar-refractivity contribution in [3.8, 4) is 28.8 Å². The molecule has 0 fully saturated rings. The molecule has 0 atom stereocenters. The Bertz CT molecular complexity index is 1070. The zero-order chi connectivity index (χ0) is 20.1. The largest absolute Gasteiger partial charge is 0.493 e. The summed E-state index contributed by atoms with van der Waals surface area (Å²) in [4.78, 5) is 4.62. The first-order valence-corrected chi connectivity index (χ1v) is 10.0. The number of hydrogen-bond acceptors (Lipinski definition) is 6. The lowest BCUT2D eigenvalue weighted by molar-refractivity contribution is 0.355. The van der Waals surface area contributed by atoms with E-state index in [-0.39, 0.29) is 0 Å². The molecule has 1 aromatic heterocycles. The topological polar surface area (TPSA) is 67.2 Å². The van der Waals surface area contributed by atoms with Crippen molar-refractivity contribution in [2.24, 2.45) is 0 Å². The number of anilines is 1. The number of benzene rings is 2. The minimum Gasteiger partial charge on any atom is -0.493 e. The van der Waals surface area contributed by atoms with Gasteiger partial charge in [-0.25, -0.2) is 4.98 Å². The van der Waals surface area contributed by atoms with E-state index < -0.39 is 0 Å². The van der Waals surface area contributed by atoms with E-state index in [1.165, 1.54) is 11.3 Å². The smallest absolute Gasteiger partial charge is 0.161 e. The van der Waals surface area contributed by atoms with Gasteiger partial charge in [-0.15, -0.1) is 11.3 Å². The number of halogens is 1. The van der Waals surface area contributed by atoms with Crippen LogP contribution < -0.4 is 14.8 Å². The third-order valence-electron chi connectivity index (χ3n) is 4.09.